The molecule has 1 saturated carbocycles. The third-order valence-electron chi connectivity index (χ3n) is 2.96. The van der Waals surface area contributed by atoms with Crippen LogP contribution in [0.25, 0.3) is 0 Å². The molecular formula is C10H13BFNO2. The van der Waals surface area contributed by atoms with Crippen LogP contribution in [0, 0.1) is 5.82 Å². The summed E-state index contributed by atoms with van der Waals surface area (Å²) in [7, 11) is -1.76. The Morgan fingerprint density at radius 3 is 2.60 bits per heavy atom. The summed E-state index contributed by atoms with van der Waals surface area (Å²) < 4.78 is 13.1. The Labute approximate surface area is 88.1 Å². The van der Waals surface area contributed by atoms with Crippen molar-refractivity contribution in [2.75, 3.05) is 0 Å². The zero-order valence-corrected chi connectivity index (χ0v) is 8.36. The monoisotopic (exact) mass is 209 g/mol. The molecule has 0 amide bonds. The van der Waals surface area contributed by atoms with E-state index in [1.165, 1.54) is 18.9 Å². The fourth-order valence-electron chi connectivity index (χ4n) is 2.11. The topological polar surface area (TPSA) is 53.4 Å². The molecule has 3 nitrogen and oxygen atoms in total. The SMILES string of the molecule is OB(O)c1cc(C2CCCC2)ncc1F. The van der Waals surface area contributed by atoms with Gasteiger partial charge in [0.1, 0.15) is 5.82 Å². The van der Waals surface area contributed by atoms with Crippen molar-refractivity contribution in [3.63, 3.8) is 0 Å². The van der Waals surface area contributed by atoms with Gasteiger partial charge in [-0.1, -0.05) is 12.8 Å². The number of hydrogen-bond acceptors (Lipinski definition) is 3. The predicted molar refractivity (Wildman–Crippen MR) is 55.2 cm³/mol. The normalized spacial score (nSPS) is 17.0. The maximum Gasteiger partial charge on any atom is 0.491 e. The van der Waals surface area contributed by atoms with Crippen LogP contribution < -0.4 is 5.46 Å². The van der Waals surface area contributed by atoms with E-state index < -0.39 is 12.9 Å². The maximum atomic E-state index is 13.1. The summed E-state index contributed by atoms with van der Waals surface area (Å²) >= 11 is 0. The van der Waals surface area contributed by atoms with Gasteiger partial charge in [-0.3, -0.25) is 4.98 Å². The molecule has 1 aromatic heterocycles. The van der Waals surface area contributed by atoms with E-state index in [2.05, 4.69) is 4.98 Å². The van der Waals surface area contributed by atoms with E-state index in [0.29, 0.717) is 5.92 Å². The molecule has 5 heteroatoms. The molecule has 80 valence electrons. The molecule has 0 bridgehead atoms. The second-order valence-electron chi connectivity index (χ2n) is 3.99. The Hall–Kier alpha value is -0.935. The molecule has 2 N–H and O–H groups in total. The van der Waals surface area contributed by atoms with Crippen LogP contribution in [0.3, 0.4) is 0 Å². The van der Waals surface area contributed by atoms with Gasteiger partial charge >= 0.3 is 7.12 Å². The fraction of sp³-hybridized carbons (Fsp3) is 0.500. The number of pyridine rings is 1. The van der Waals surface area contributed by atoms with Gasteiger partial charge in [0.2, 0.25) is 0 Å². The van der Waals surface area contributed by atoms with E-state index in [-0.39, 0.29) is 5.46 Å². The van der Waals surface area contributed by atoms with E-state index in [0.717, 1.165) is 24.7 Å². The molecule has 0 radical (unpaired) electrons. The minimum atomic E-state index is -1.76. The zero-order chi connectivity index (χ0) is 10.8. The van der Waals surface area contributed by atoms with Crippen LogP contribution in [0.15, 0.2) is 12.3 Å². The van der Waals surface area contributed by atoms with Gasteiger partial charge in [-0.25, -0.2) is 4.39 Å². The molecule has 0 saturated heterocycles. The summed E-state index contributed by atoms with van der Waals surface area (Å²) in [4.78, 5) is 4.01. The quantitative estimate of drug-likeness (QED) is 0.699. The van der Waals surface area contributed by atoms with Crippen molar-refractivity contribution in [1.29, 1.82) is 0 Å². The number of nitrogens with zero attached hydrogens (tertiary/aromatic N) is 1. The summed E-state index contributed by atoms with van der Waals surface area (Å²) in [6.07, 6.45) is 5.52. The minimum Gasteiger partial charge on any atom is -0.423 e. The van der Waals surface area contributed by atoms with E-state index in [1.54, 1.807) is 0 Å². The Morgan fingerprint density at radius 1 is 1.33 bits per heavy atom. The molecule has 0 unspecified atom stereocenters. The Kier molecular flexibility index (Phi) is 3.02. The predicted octanol–water partition coefficient (Wildman–Crippen LogP) is 0.558. The van der Waals surface area contributed by atoms with Crippen molar-refractivity contribution < 1.29 is 14.4 Å². The minimum absolute atomic E-state index is 0.0769. The first-order chi connectivity index (χ1) is 7.18. The van der Waals surface area contributed by atoms with Crippen LogP contribution in [0.2, 0.25) is 0 Å². The van der Waals surface area contributed by atoms with Gasteiger partial charge in [-0.2, -0.15) is 0 Å². The van der Waals surface area contributed by atoms with Gasteiger partial charge in [0.25, 0.3) is 0 Å². The maximum absolute atomic E-state index is 13.1. The van der Waals surface area contributed by atoms with Crippen LogP contribution in [-0.4, -0.2) is 22.2 Å². The number of hydrogen-bond donors (Lipinski definition) is 2. The van der Waals surface area contributed by atoms with Crippen molar-refractivity contribution in [3.8, 4) is 0 Å². The van der Waals surface area contributed by atoms with Crippen molar-refractivity contribution >= 4 is 12.6 Å². The highest BCUT2D eigenvalue weighted by Gasteiger charge is 2.22. The molecule has 0 spiro atoms. The molecule has 0 atom stereocenters. The second kappa shape index (κ2) is 4.29. The van der Waals surface area contributed by atoms with Crippen LogP contribution in [0.4, 0.5) is 4.39 Å². The summed E-state index contributed by atoms with van der Waals surface area (Å²) in [6.45, 7) is 0. The number of rotatable bonds is 2. The Morgan fingerprint density at radius 2 is 2.00 bits per heavy atom. The molecule has 1 aromatic rings. The van der Waals surface area contributed by atoms with Crippen molar-refractivity contribution in [2.45, 2.75) is 31.6 Å². The van der Waals surface area contributed by atoms with Crippen molar-refractivity contribution in [1.82, 2.24) is 4.98 Å². The van der Waals surface area contributed by atoms with Crippen LogP contribution in [-0.2, 0) is 0 Å². The molecule has 1 aliphatic rings. The van der Waals surface area contributed by atoms with Crippen LogP contribution in [0.1, 0.15) is 37.3 Å². The highest BCUT2D eigenvalue weighted by atomic mass is 19.1. The van der Waals surface area contributed by atoms with Gasteiger partial charge < -0.3 is 10.0 Å². The van der Waals surface area contributed by atoms with E-state index in [1.807, 2.05) is 0 Å². The summed E-state index contributed by atoms with van der Waals surface area (Å²) in [5.41, 5.74) is 0.698. The molecule has 1 fully saturated rings. The average Bonchev–Trinajstić information content (AvgIpc) is 2.71. The fourth-order valence-corrected chi connectivity index (χ4v) is 2.11. The van der Waals surface area contributed by atoms with E-state index >= 15 is 0 Å². The van der Waals surface area contributed by atoms with Crippen LogP contribution >= 0.6 is 0 Å². The van der Waals surface area contributed by atoms with Crippen molar-refractivity contribution in [2.24, 2.45) is 0 Å². The largest absolute Gasteiger partial charge is 0.491 e. The standard InChI is InChI=1S/C10H13BFNO2/c12-9-6-13-10(5-8(9)11(14)15)7-3-1-2-4-7/h5-7,14-15H,1-4H2. The third-order valence-corrected chi connectivity index (χ3v) is 2.96. The summed E-state index contributed by atoms with van der Waals surface area (Å²) in [6, 6.07) is 1.47. The van der Waals surface area contributed by atoms with E-state index in [9.17, 15) is 4.39 Å². The van der Waals surface area contributed by atoms with Crippen LogP contribution in [0.5, 0.6) is 0 Å². The lowest BCUT2D eigenvalue weighted by molar-refractivity contribution is 0.422. The summed E-state index contributed by atoms with van der Waals surface area (Å²) in [5.74, 6) is -0.310. The molecule has 2 rings (SSSR count). The highest BCUT2D eigenvalue weighted by molar-refractivity contribution is 6.58. The Balaban J connectivity index is 2.29. The first-order valence-electron chi connectivity index (χ1n) is 5.20. The molecule has 1 heterocycles. The summed E-state index contributed by atoms with van der Waals surface area (Å²) in [5, 5.41) is 17.9. The zero-order valence-electron chi connectivity index (χ0n) is 8.36. The molecule has 0 aromatic carbocycles. The Bertz CT molecular complexity index is 353. The smallest absolute Gasteiger partial charge is 0.423 e. The molecular weight excluding hydrogens is 196 g/mol. The van der Waals surface area contributed by atoms with E-state index in [4.69, 9.17) is 10.0 Å². The molecule has 0 aliphatic heterocycles. The molecule has 1 aliphatic carbocycles. The highest BCUT2D eigenvalue weighted by Crippen LogP contribution is 2.32. The average molecular weight is 209 g/mol. The van der Waals surface area contributed by atoms with Gasteiger partial charge in [0, 0.05) is 17.1 Å². The molecule has 15 heavy (non-hydrogen) atoms. The lowest BCUT2D eigenvalue weighted by Crippen LogP contribution is -2.33. The first kappa shape index (κ1) is 10.6. The lowest BCUT2D eigenvalue weighted by Gasteiger charge is -2.10. The van der Waals surface area contributed by atoms with Crippen molar-refractivity contribution in [3.05, 3.63) is 23.8 Å². The van der Waals surface area contributed by atoms with Gasteiger partial charge in [-0.15, -0.1) is 0 Å². The first-order valence-corrected chi connectivity index (χ1v) is 5.20. The second-order valence-corrected chi connectivity index (χ2v) is 3.99. The van der Waals surface area contributed by atoms with Gasteiger partial charge in [0.15, 0.2) is 0 Å². The number of aromatic nitrogens is 1. The third kappa shape index (κ3) is 2.18. The lowest BCUT2D eigenvalue weighted by atomic mass is 9.79. The van der Waals surface area contributed by atoms with Gasteiger partial charge in [-0.05, 0) is 18.9 Å². The van der Waals surface area contributed by atoms with Gasteiger partial charge in [0.05, 0.1) is 6.20 Å². The number of halogens is 1.